The largest absolute Gasteiger partial charge is 0.377 e. The van der Waals surface area contributed by atoms with Gasteiger partial charge in [-0.3, -0.25) is 9.59 Å². The Kier molecular flexibility index (Phi) is 6.24. The fourth-order valence-corrected chi connectivity index (χ4v) is 2.86. The second kappa shape index (κ2) is 9.01. The minimum absolute atomic E-state index is 0.240. The van der Waals surface area contributed by atoms with Crippen LogP contribution in [0.15, 0.2) is 72.8 Å². The maximum absolute atomic E-state index is 13.1. The van der Waals surface area contributed by atoms with Crippen LogP contribution in [0.25, 0.3) is 0 Å². The van der Waals surface area contributed by atoms with Crippen LogP contribution in [-0.2, 0) is 6.54 Å². The third-order valence-corrected chi connectivity index (χ3v) is 4.38. The number of halogens is 1. The SMILES string of the molecule is CN(C)c1ccc(NC(=O)c2ccc(F)cc2)cc1C(=O)NCc1ccccc1. The molecule has 3 aromatic carbocycles. The van der Waals surface area contributed by atoms with Gasteiger partial charge in [-0.15, -0.1) is 0 Å². The molecule has 0 aliphatic rings. The lowest BCUT2D eigenvalue weighted by atomic mass is 10.1. The maximum atomic E-state index is 13.1. The van der Waals surface area contributed by atoms with Gasteiger partial charge in [0.1, 0.15) is 5.82 Å². The van der Waals surface area contributed by atoms with Crippen molar-refractivity contribution in [3.05, 3.63) is 95.3 Å². The van der Waals surface area contributed by atoms with Crippen LogP contribution in [0, 0.1) is 5.82 Å². The first-order chi connectivity index (χ1) is 13.9. The number of nitrogens with one attached hydrogen (secondary N) is 2. The van der Waals surface area contributed by atoms with Gasteiger partial charge in [-0.2, -0.15) is 0 Å². The highest BCUT2D eigenvalue weighted by Crippen LogP contribution is 2.23. The van der Waals surface area contributed by atoms with Crippen molar-refractivity contribution in [1.29, 1.82) is 0 Å². The fraction of sp³-hybridized carbons (Fsp3) is 0.130. The molecule has 6 heteroatoms. The molecule has 2 amide bonds. The Balaban J connectivity index is 1.78. The van der Waals surface area contributed by atoms with E-state index in [1.54, 1.807) is 18.2 Å². The van der Waals surface area contributed by atoms with Crippen molar-refractivity contribution in [3.63, 3.8) is 0 Å². The van der Waals surface area contributed by atoms with Gasteiger partial charge in [0.25, 0.3) is 11.8 Å². The van der Waals surface area contributed by atoms with E-state index >= 15 is 0 Å². The summed E-state index contributed by atoms with van der Waals surface area (Å²) in [6.45, 7) is 0.401. The molecule has 3 rings (SSSR count). The summed E-state index contributed by atoms with van der Waals surface area (Å²) in [6.07, 6.45) is 0. The summed E-state index contributed by atoms with van der Waals surface area (Å²) >= 11 is 0. The summed E-state index contributed by atoms with van der Waals surface area (Å²) in [5, 5.41) is 5.66. The van der Waals surface area contributed by atoms with Gasteiger partial charge < -0.3 is 15.5 Å². The maximum Gasteiger partial charge on any atom is 0.255 e. The van der Waals surface area contributed by atoms with Crippen LogP contribution in [0.1, 0.15) is 26.3 Å². The molecule has 29 heavy (non-hydrogen) atoms. The molecule has 0 spiro atoms. The van der Waals surface area contributed by atoms with E-state index in [2.05, 4.69) is 10.6 Å². The Hall–Kier alpha value is -3.67. The topological polar surface area (TPSA) is 61.4 Å². The molecule has 0 unspecified atom stereocenters. The lowest BCUT2D eigenvalue weighted by Gasteiger charge is -2.18. The molecule has 0 saturated heterocycles. The van der Waals surface area contributed by atoms with E-state index in [0.717, 1.165) is 11.3 Å². The first kappa shape index (κ1) is 20.1. The monoisotopic (exact) mass is 391 g/mol. The number of nitrogens with zero attached hydrogens (tertiary/aromatic N) is 1. The van der Waals surface area contributed by atoms with E-state index in [9.17, 15) is 14.0 Å². The molecule has 0 fully saturated rings. The summed E-state index contributed by atoms with van der Waals surface area (Å²) in [7, 11) is 3.69. The average Bonchev–Trinajstić information content (AvgIpc) is 2.73. The summed E-state index contributed by atoms with van der Waals surface area (Å²) < 4.78 is 13.1. The van der Waals surface area contributed by atoms with E-state index in [4.69, 9.17) is 0 Å². The molecular formula is C23H22FN3O2. The van der Waals surface area contributed by atoms with Crippen molar-refractivity contribution in [1.82, 2.24) is 5.32 Å². The Labute approximate surface area is 169 Å². The predicted molar refractivity (Wildman–Crippen MR) is 113 cm³/mol. The van der Waals surface area contributed by atoms with Gasteiger partial charge in [-0.05, 0) is 48.0 Å². The van der Waals surface area contributed by atoms with Crippen molar-refractivity contribution in [3.8, 4) is 0 Å². The minimum atomic E-state index is -0.408. The second-order valence-corrected chi connectivity index (χ2v) is 6.76. The molecule has 0 radical (unpaired) electrons. The molecule has 0 bridgehead atoms. The zero-order valence-electron chi connectivity index (χ0n) is 16.3. The Morgan fingerprint density at radius 2 is 1.59 bits per heavy atom. The van der Waals surface area contributed by atoms with Crippen LogP contribution in [0.4, 0.5) is 15.8 Å². The molecule has 0 heterocycles. The zero-order valence-corrected chi connectivity index (χ0v) is 16.3. The van der Waals surface area contributed by atoms with Crippen LogP contribution in [0.2, 0.25) is 0 Å². The summed E-state index contributed by atoms with van der Waals surface area (Å²) in [6, 6.07) is 20.0. The van der Waals surface area contributed by atoms with Gasteiger partial charge in [0, 0.05) is 37.6 Å². The molecule has 3 aromatic rings. The third kappa shape index (κ3) is 5.19. The van der Waals surface area contributed by atoms with E-state index < -0.39 is 5.82 Å². The first-order valence-electron chi connectivity index (χ1n) is 9.14. The summed E-state index contributed by atoms with van der Waals surface area (Å²) in [5.74, 6) is -1.03. The molecule has 0 aliphatic carbocycles. The van der Waals surface area contributed by atoms with Crippen LogP contribution >= 0.6 is 0 Å². The lowest BCUT2D eigenvalue weighted by molar-refractivity contribution is 0.0950. The molecule has 148 valence electrons. The van der Waals surface area contributed by atoms with Crippen molar-refractivity contribution in [2.45, 2.75) is 6.54 Å². The number of hydrogen-bond donors (Lipinski definition) is 2. The third-order valence-electron chi connectivity index (χ3n) is 4.38. The van der Waals surface area contributed by atoms with Gasteiger partial charge in [0.15, 0.2) is 0 Å². The van der Waals surface area contributed by atoms with Gasteiger partial charge in [0.2, 0.25) is 0 Å². The smallest absolute Gasteiger partial charge is 0.255 e. The van der Waals surface area contributed by atoms with E-state index in [1.165, 1.54) is 24.3 Å². The Bertz CT molecular complexity index is 1000. The van der Waals surface area contributed by atoms with Gasteiger partial charge in [-0.1, -0.05) is 30.3 Å². The zero-order chi connectivity index (χ0) is 20.8. The number of carbonyl (C=O) groups excluding carboxylic acids is 2. The minimum Gasteiger partial charge on any atom is -0.377 e. The number of hydrogen-bond acceptors (Lipinski definition) is 3. The predicted octanol–water partition coefficient (Wildman–Crippen LogP) is 4.07. The molecule has 5 nitrogen and oxygen atoms in total. The molecule has 0 saturated carbocycles. The van der Waals surface area contributed by atoms with Gasteiger partial charge in [0.05, 0.1) is 5.56 Å². The average molecular weight is 391 g/mol. The molecule has 0 aromatic heterocycles. The highest BCUT2D eigenvalue weighted by Gasteiger charge is 2.15. The highest BCUT2D eigenvalue weighted by molar-refractivity contribution is 6.06. The highest BCUT2D eigenvalue weighted by atomic mass is 19.1. The first-order valence-corrected chi connectivity index (χ1v) is 9.14. The van der Waals surface area contributed by atoms with Crippen LogP contribution in [0.3, 0.4) is 0 Å². The standard InChI is InChI=1S/C23H22FN3O2/c1-27(2)21-13-12-19(26-22(28)17-8-10-18(24)11-9-17)14-20(21)23(29)25-15-16-6-4-3-5-7-16/h3-14H,15H2,1-2H3,(H,25,29)(H,26,28). The van der Waals surface area contributed by atoms with Crippen LogP contribution < -0.4 is 15.5 Å². The molecule has 0 aliphatic heterocycles. The number of amides is 2. The van der Waals surface area contributed by atoms with Gasteiger partial charge in [-0.25, -0.2) is 4.39 Å². The van der Waals surface area contributed by atoms with Crippen molar-refractivity contribution in [2.75, 3.05) is 24.3 Å². The second-order valence-electron chi connectivity index (χ2n) is 6.76. The fourth-order valence-electron chi connectivity index (χ4n) is 2.86. The van der Waals surface area contributed by atoms with Gasteiger partial charge >= 0.3 is 0 Å². The van der Waals surface area contributed by atoms with Crippen molar-refractivity contribution in [2.24, 2.45) is 0 Å². The van der Waals surface area contributed by atoms with Crippen LogP contribution in [0.5, 0.6) is 0 Å². The van der Waals surface area contributed by atoms with Crippen LogP contribution in [-0.4, -0.2) is 25.9 Å². The molecular weight excluding hydrogens is 369 g/mol. The van der Waals surface area contributed by atoms with E-state index in [1.807, 2.05) is 49.3 Å². The number of benzene rings is 3. The normalized spacial score (nSPS) is 10.3. The summed E-state index contributed by atoms with van der Waals surface area (Å²) in [4.78, 5) is 27.0. The Morgan fingerprint density at radius 3 is 2.24 bits per heavy atom. The van der Waals surface area contributed by atoms with Crippen molar-refractivity contribution >= 4 is 23.2 Å². The van der Waals surface area contributed by atoms with Crippen molar-refractivity contribution < 1.29 is 14.0 Å². The number of rotatable bonds is 6. The molecule has 0 atom stereocenters. The number of carbonyl (C=O) groups is 2. The van der Waals surface area contributed by atoms with E-state index in [0.29, 0.717) is 23.4 Å². The number of anilines is 2. The molecule has 2 N–H and O–H groups in total. The quantitative estimate of drug-likeness (QED) is 0.666. The summed E-state index contributed by atoms with van der Waals surface area (Å²) in [5.41, 5.74) is 2.99. The Morgan fingerprint density at radius 1 is 0.897 bits per heavy atom. The lowest BCUT2D eigenvalue weighted by Crippen LogP contribution is -2.25. The van der Waals surface area contributed by atoms with E-state index in [-0.39, 0.29) is 11.8 Å².